The normalized spacial score (nSPS) is 11.1. The minimum absolute atomic E-state index is 0.861. The van der Waals surface area contributed by atoms with E-state index in [0.717, 1.165) is 32.1 Å². The molecule has 4 nitrogen and oxygen atoms in total. The second-order valence-electron chi connectivity index (χ2n) is 3.90. The highest BCUT2D eigenvalue weighted by Gasteiger charge is 2.17. The Labute approximate surface area is 114 Å². The van der Waals surface area contributed by atoms with Crippen LogP contribution in [0.2, 0.25) is 0 Å². The van der Waals surface area contributed by atoms with Gasteiger partial charge in [-0.25, -0.2) is 9.97 Å². The van der Waals surface area contributed by atoms with Crippen LogP contribution in [0.25, 0.3) is 17.0 Å². The molecular weight excluding hydrogens is 264 g/mol. The predicted octanol–water partition coefficient (Wildman–Crippen LogP) is 3.10. The van der Waals surface area contributed by atoms with E-state index >= 15 is 0 Å². The van der Waals surface area contributed by atoms with Crippen LogP contribution < -0.4 is 5.32 Å². The van der Waals surface area contributed by atoms with Crippen molar-refractivity contribution in [1.82, 2.24) is 14.4 Å². The lowest BCUT2D eigenvalue weighted by Gasteiger charge is -2.00. The average molecular weight is 276 g/mol. The summed E-state index contributed by atoms with van der Waals surface area (Å²) in [5.41, 5.74) is 3.78. The molecule has 0 radical (unpaired) electrons. The largest absolute Gasteiger partial charge is 0.365 e. The first-order valence-electron chi connectivity index (χ1n) is 5.52. The number of rotatable bonds is 2. The van der Waals surface area contributed by atoms with Gasteiger partial charge in [-0.05, 0) is 19.1 Å². The van der Waals surface area contributed by atoms with Gasteiger partial charge in [-0.1, -0.05) is 17.4 Å². The molecule has 0 spiro atoms. The van der Waals surface area contributed by atoms with E-state index in [1.54, 1.807) is 0 Å². The SMILES string of the molecule is CNc1nc(-c2c(C)nc3ccccn23)c(S)s1. The fraction of sp³-hybridized carbons (Fsp3) is 0.167. The Hall–Kier alpha value is -1.53. The van der Waals surface area contributed by atoms with Crippen LogP contribution in [0.5, 0.6) is 0 Å². The van der Waals surface area contributed by atoms with Crippen molar-refractivity contribution in [2.75, 3.05) is 12.4 Å². The van der Waals surface area contributed by atoms with Gasteiger partial charge in [0.2, 0.25) is 0 Å². The van der Waals surface area contributed by atoms with Crippen molar-refractivity contribution in [2.45, 2.75) is 11.1 Å². The summed E-state index contributed by atoms with van der Waals surface area (Å²) >= 11 is 6.04. The maximum Gasteiger partial charge on any atom is 0.184 e. The first-order valence-corrected chi connectivity index (χ1v) is 6.78. The van der Waals surface area contributed by atoms with Crippen molar-refractivity contribution in [3.05, 3.63) is 30.1 Å². The van der Waals surface area contributed by atoms with Crippen LogP contribution in [0.4, 0.5) is 5.13 Å². The summed E-state index contributed by atoms with van der Waals surface area (Å²) in [4.78, 5) is 9.09. The fourth-order valence-corrected chi connectivity index (χ4v) is 3.05. The van der Waals surface area contributed by atoms with E-state index in [1.165, 1.54) is 11.3 Å². The van der Waals surface area contributed by atoms with Gasteiger partial charge in [0, 0.05) is 13.2 Å². The molecule has 3 heterocycles. The summed E-state index contributed by atoms with van der Waals surface area (Å²) in [6.07, 6.45) is 2.00. The number of anilines is 1. The highest BCUT2D eigenvalue weighted by Crippen LogP contribution is 2.35. The number of imidazole rings is 1. The molecule has 0 saturated carbocycles. The number of nitrogens with one attached hydrogen (secondary N) is 1. The zero-order valence-electron chi connectivity index (χ0n) is 10.0. The average Bonchev–Trinajstić information content (AvgIpc) is 2.88. The topological polar surface area (TPSA) is 42.2 Å². The summed E-state index contributed by atoms with van der Waals surface area (Å²) < 4.78 is 2.94. The molecule has 0 aromatic carbocycles. The van der Waals surface area contributed by atoms with E-state index in [4.69, 9.17) is 0 Å². The van der Waals surface area contributed by atoms with E-state index in [9.17, 15) is 0 Å². The zero-order chi connectivity index (χ0) is 12.7. The molecule has 3 rings (SSSR count). The van der Waals surface area contributed by atoms with Crippen LogP contribution in [-0.4, -0.2) is 21.4 Å². The molecule has 92 valence electrons. The van der Waals surface area contributed by atoms with E-state index in [2.05, 4.69) is 27.9 Å². The second-order valence-corrected chi connectivity index (χ2v) is 5.65. The van der Waals surface area contributed by atoms with Gasteiger partial charge in [0.1, 0.15) is 11.3 Å². The van der Waals surface area contributed by atoms with Gasteiger partial charge < -0.3 is 5.32 Å². The molecule has 1 N–H and O–H groups in total. The molecule has 18 heavy (non-hydrogen) atoms. The van der Waals surface area contributed by atoms with Crippen molar-refractivity contribution in [2.24, 2.45) is 0 Å². The molecule has 3 aromatic heterocycles. The van der Waals surface area contributed by atoms with Crippen molar-refractivity contribution < 1.29 is 0 Å². The number of hydrogen-bond acceptors (Lipinski definition) is 5. The number of nitrogens with zero attached hydrogens (tertiary/aromatic N) is 3. The van der Waals surface area contributed by atoms with Crippen molar-refractivity contribution in [3.63, 3.8) is 0 Å². The number of pyridine rings is 1. The summed E-state index contributed by atoms with van der Waals surface area (Å²) in [5, 5.41) is 3.91. The molecule has 0 aliphatic heterocycles. The van der Waals surface area contributed by atoms with Gasteiger partial charge in [0.25, 0.3) is 0 Å². The van der Waals surface area contributed by atoms with Gasteiger partial charge in [-0.2, -0.15) is 0 Å². The van der Waals surface area contributed by atoms with Gasteiger partial charge in [-0.3, -0.25) is 4.40 Å². The molecule has 0 saturated heterocycles. The highest BCUT2D eigenvalue weighted by molar-refractivity contribution is 7.83. The number of hydrogen-bond donors (Lipinski definition) is 2. The van der Waals surface area contributed by atoms with Crippen molar-refractivity contribution >= 4 is 34.7 Å². The van der Waals surface area contributed by atoms with Crippen LogP contribution >= 0.6 is 24.0 Å². The highest BCUT2D eigenvalue weighted by atomic mass is 32.2. The number of fused-ring (bicyclic) bond motifs is 1. The lowest BCUT2D eigenvalue weighted by atomic mass is 10.3. The molecule has 0 amide bonds. The first-order chi connectivity index (χ1) is 8.70. The second kappa shape index (κ2) is 4.29. The van der Waals surface area contributed by atoms with Gasteiger partial charge in [0.05, 0.1) is 15.6 Å². The standard InChI is InChI=1S/C12H12N4S2/c1-7-10(9-11(17)18-12(13-2)15-9)16-6-4-3-5-8(16)14-7/h3-6,17H,1-2H3,(H,13,15). The molecule has 3 aromatic rings. The number of aryl methyl sites for hydroxylation is 1. The third kappa shape index (κ3) is 1.69. The lowest BCUT2D eigenvalue weighted by molar-refractivity contribution is 1.16. The third-order valence-electron chi connectivity index (χ3n) is 2.75. The van der Waals surface area contributed by atoms with Crippen LogP contribution in [0.3, 0.4) is 0 Å². The fourth-order valence-electron chi connectivity index (χ4n) is 1.97. The lowest BCUT2D eigenvalue weighted by Crippen LogP contribution is -1.91. The predicted molar refractivity (Wildman–Crippen MR) is 77.8 cm³/mol. The van der Waals surface area contributed by atoms with Gasteiger partial charge in [0.15, 0.2) is 5.13 Å². The summed E-state index contributed by atoms with van der Waals surface area (Å²) in [7, 11) is 1.86. The summed E-state index contributed by atoms with van der Waals surface area (Å²) in [6, 6.07) is 5.95. The smallest absolute Gasteiger partial charge is 0.184 e. The van der Waals surface area contributed by atoms with Crippen molar-refractivity contribution in [1.29, 1.82) is 0 Å². The first kappa shape index (κ1) is 11.6. The Morgan fingerprint density at radius 1 is 1.33 bits per heavy atom. The van der Waals surface area contributed by atoms with Gasteiger partial charge in [-0.15, -0.1) is 12.6 Å². The van der Waals surface area contributed by atoms with Crippen LogP contribution in [0.15, 0.2) is 28.6 Å². The number of thiol groups is 1. The van der Waals surface area contributed by atoms with Crippen LogP contribution in [-0.2, 0) is 0 Å². The van der Waals surface area contributed by atoms with E-state index in [-0.39, 0.29) is 0 Å². The van der Waals surface area contributed by atoms with Crippen LogP contribution in [0.1, 0.15) is 5.69 Å². The molecule has 6 heteroatoms. The molecule has 0 unspecified atom stereocenters. The maximum atomic E-state index is 4.55. The Morgan fingerprint density at radius 2 is 2.17 bits per heavy atom. The van der Waals surface area contributed by atoms with Crippen molar-refractivity contribution in [3.8, 4) is 11.4 Å². The molecule has 0 aliphatic carbocycles. The molecule has 0 aliphatic rings. The Balaban J connectivity index is 2.30. The molecule has 0 atom stereocenters. The van der Waals surface area contributed by atoms with E-state index in [1.807, 2.05) is 42.8 Å². The number of aromatic nitrogens is 3. The summed E-state index contributed by atoms with van der Waals surface area (Å²) in [5.74, 6) is 0. The maximum absolute atomic E-state index is 4.55. The molecule has 0 fully saturated rings. The summed E-state index contributed by atoms with van der Waals surface area (Å²) in [6.45, 7) is 1.99. The minimum atomic E-state index is 0.861. The Morgan fingerprint density at radius 3 is 2.89 bits per heavy atom. The third-order valence-corrected chi connectivity index (χ3v) is 4.11. The number of thiazole rings is 1. The Bertz CT molecular complexity index is 714. The minimum Gasteiger partial charge on any atom is -0.365 e. The van der Waals surface area contributed by atoms with Gasteiger partial charge >= 0.3 is 0 Å². The van der Waals surface area contributed by atoms with Crippen LogP contribution in [0, 0.1) is 6.92 Å². The zero-order valence-corrected chi connectivity index (χ0v) is 11.7. The molecular formula is C12H12N4S2. The van der Waals surface area contributed by atoms with E-state index < -0.39 is 0 Å². The monoisotopic (exact) mass is 276 g/mol. The van der Waals surface area contributed by atoms with E-state index in [0.29, 0.717) is 0 Å². The quantitative estimate of drug-likeness (QED) is 0.707. The molecule has 0 bridgehead atoms. The Kier molecular flexibility index (Phi) is 2.76.